The van der Waals surface area contributed by atoms with Crippen LogP contribution < -0.4 is 5.32 Å². The Hall–Kier alpha value is -0.940. The Balaban J connectivity index is 2.10. The van der Waals surface area contributed by atoms with Crippen molar-refractivity contribution in [1.29, 1.82) is 0 Å². The van der Waals surface area contributed by atoms with Crippen LogP contribution in [0.25, 0.3) is 0 Å². The largest absolute Gasteiger partial charge is 0.370 e. The molecular formula is C14H25N3O2. The first-order chi connectivity index (χ1) is 9.30. The van der Waals surface area contributed by atoms with Gasteiger partial charge in [0, 0.05) is 12.6 Å². The van der Waals surface area contributed by atoms with E-state index in [1.54, 1.807) is 0 Å². The molecule has 2 rings (SSSR count). The molecular weight excluding hydrogens is 242 g/mol. The van der Waals surface area contributed by atoms with Crippen LogP contribution in [0, 0.1) is 0 Å². The molecule has 0 aliphatic heterocycles. The first-order valence-electron chi connectivity index (χ1n) is 7.42. The zero-order valence-electron chi connectivity index (χ0n) is 12.2. The highest BCUT2D eigenvalue weighted by molar-refractivity contribution is 5.02. The van der Waals surface area contributed by atoms with Crippen molar-refractivity contribution in [2.24, 2.45) is 0 Å². The van der Waals surface area contributed by atoms with E-state index < -0.39 is 0 Å². The number of likely N-dealkylation sites (N-methyl/N-ethyl adjacent to an activating group) is 1. The monoisotopic (exact) mass is 267 g/mol. The molecule has 0 aromatic carbocycles. The Labute approximate surface area is 115 Å². The summed E-state index contributed by atoms with van der Waals surface area (Å²) in [6.45, 7) is 4.74. The molecule has 108 valence electrons. The van der Waals surface area contributed by atoms with Crippen molar-refractivity contribution in [2.45, 2.75) is 64.0 Å². The highest BCUT2D eigenvalue weighted by atomic mass is 16.5. The molecule has 5 heteroatoms. The fourth-order valence-corrected chi connectivity index (χ4v) is 2.88. The van der Waals surface area contributed by atoms with Crippen LogP contribution in [0.5, 0.6) is 0 Å². The molecule has 1 aromatic heterocycles. The van der Waals surface area contributed by atoms with E-state index in [4.69, 9.17) is 9.26 Å². The van der Waals surface area contributed by atoms with Crippen molar-refractivity contribution in [3.05, 3.63) is 11.7 Å². The standard InChI is InChI=1S/C14H25N3O2/c1-4-12(18-5-2)13-16-14(19-17-13)10-8-6-7-9-11(10)15-3/h10-12,15H,4-9H2,1-3H3. The Bertz CT molecular complexity index is 381. The maximum atomic E-state index is 5.63. The Morgan fingerprint density at radius 1 is 1.37 bits per heavy atom. The highest BCUT2D eigenvalue weighted by Gasteiger charge is 2.30. The Kier molecular flexibility index (Phi) is 5.34. The number of ether oxygens (including phenoxy) is 1. The van der Waals surface area contributed by atoms with Crippen molar-refractivity contribution in [1.82, 2.24) is 15.5 Å². The Morgan fingerprint density at radius 3 is 2.84 bits per heavy atom. The maximum absolute atomic E-state index is 5.63. The van der Waals surface area contributed by atoms with Crippen molar-refractivity contribution < 1.29 is 9.26 Å². The zero-order valence-corrected chi connectivity index (χ0v) is 12.2. The second-order valence-electron chi connectivity index (χ2n) is 5.13. The van der Waals surface area contributed by atoms with Crippen LogP contribution in [-0.2, 0) is 4.74 Å². The van der Waals surface area contributed by atoms with Gasteiger partial charge in [0.2, 0.25) is 11.7 Å². The molecule has 0 amide bonds. The lowest BCUT2D eigenvalue weighted by molar-refractivity contribution is 0.0518. The first-order valence-corrected chi connectivity index (χ1v) is 7.42. The van der Waals surface area contributed by atoms with E-state index in [2.05, 4.69) is 22.4 Å². The summed E-state index contributed by atoms with van der Waals surface area (Å²) in [4.78, 5) is 4.58. The van der Waals surface area contributed by atoms with Gasteiger partial charge in [-0.15, -0.1) is 0 Å². The molecule has 0 saturated heterocycles. The summed E-state index contributed by atoms with van der Waals surface area (Å²) in [5, 5.41) is 7.48. The SMILES string of the molecule is CCOC(CC)c1noc(C2CCCCC2NC)n1. The smallest absolute Gasteiger partial charge is 0.231 e. The number of nitrogens with zero attached hydrogens (tertiary/aromatic N) is 2. The van der Waals surface area contributed by atoms with Gasteiger partial charge >= 0.3 is 0 Å². The minimum Gasteiger partial charge on any atom is -0.370 e. The summed E-state index contributed by atoms with van der Waals surface area (Å²) in [6, 6.07) is 0.453. The maximum Gasteiger partial charge on any atom is 0.231 e. The molecule has 1 aliphatic rings. The van der Waals surface area contributed by atoms with Gasteiger partial charge < -0.3 is 14.6 Å². The molecule has 0 radical (unpaired) electrons. The average Bonchev–Trinajstić information content (AvgIpc) is 2.94. The number of hydrogen-bond donors (Lipinski definition) is 1. The van der Waals surface area contributed by atoms with Crippen LogP contribution in [0.4, 0.5) is 0 Å². The third-order valence-electron chi connectivity index (χ3n) is 3.94. The van der Waals surface area contributed by atoms with E-state index >= 15 is 0 Å². The predicted molar refractivity (Wildman–Crippen MR) is 73.0 cm³/mol. The highest BCUT2D eigenvalue weighted by Crippen LogP contribution is 2.32. The summed E-state index contributed by atoms with van der Waals surface area (Å²) in [5.74, 6) is 1.81. The summed E-state index contributed by atoms with van der Waals surface area (Å²) in [5.41, 5.74) is 0. The average molecular weight is 267 g/mol. The zero-order chi connectivity index (χ0) is 13.7. The molecule has 5 nitrogen and oxygen atoms in total. The minimum absolute atomic E-state index is 0.0425. The second-order valence-corrected chi connectivity index (χ2v) is 5.13. The van der Waals surface area contributed by atoms with Crippen LogP contribution in [-0.4, -0.2) is 29.8 Å². The topological polar surface area (TPSA) is 60.2 Å². The Morgan fingerprint density at radius 2 is 2.16 bits per heavy atom. The van der Waals surface area contributed by atoms with Gasteiger partial charge in [-0.2, -0.15) is 4.98 Å². The molecule has 1 saturated carbocycles. The molecule has 1 heterocycles. The first kappa shape index (κ1) is 14.5. The van der Waals surface area contributed by atoms with Gasteiger partial charge in [-0.1, -0.05) is 24.9 Å². The van der Waals surface area contributed by atoms with Gasteiger partial charge in [0.15, 0.2) is 0 Å². The number of rotatable bonds is 6. The fraction of sp³-hybridized carbons (Fsp3) is 0.857. The third kappa shape index (κ3) is 3.34. The van der Waals surface area contributed by atoms with Crippen LogP contribution in [0.3, 0.4) is 0 Å². The summed E-state index contributed by atoms with van der Waals surface area (Å²) < 4.78 is 11.1. The number of aromatic nitrogens is 2. The fourth-order valence-electron chi connectivity index (χ4n) is 2.88. The van der Waals surface area contributed by atoms with E-state index in [-0.39, 0.29) is 6.10 Å². The molecule has 19 heavy (non-hydrogen) atoms. The van der Waals surface area contributed by atoms with Crippen molar-refractivity contribution >= 4 is 0 Å². The van der Waals surface area contributed by atoms with Crippen molar-refractivity contribution in [2.75, 3.05) is 13.7 Å². The molecule has 3 atom stereocenters. The second kappa shape index (κ2) is 7.01. The van der Waals surface area contributed by atoms with E-state index in [1.807, 2.05) is 14.0 Å². The summed E-state index contributed by atoms with van der Waals surface area (Å²) in [6.07, 6.45) is 5.65. The molecule has 3 unspecified atom stereocenters. The molecule has 1 aliphatic carbocycles. The van der Waals surface area contributed by atoms with Crippen LogP contribution in [0.1, 0.15) is 69.7 Å². The lowest BCUT2D eigenvalue weighted by Crippen LogP contribution is -2.34. The van der Waals surface area contributed by atoms with E-state index in [0.717, 1.165) is 18.7 Å². The van der Waals surface area contributed by atoms with Gasteiger partial charge in [0.1, 0.15) is 6.10 Å². The lowest BCUT2D eigenvalue weighted by Gasteiger charge is -2.28. The van der Waals surface area contributed by atoms with Crippen LogP contribution in [0.2, 0.25) is 0 Å². The molecule has 1 aromatic rings. The predicted octanol–water partition coefficient (Wildman–Crippen LogP) is 2.80. The van der Waals surface area contributed by atoms with E-state index in [9.17, 15) is 0 Å². The van der Waals surface area contributed by atoms with Gasteiger partial charge in [0.05, 0.1) is 5.92 Å². The van der Waals surface area contributed by atoms with E-state index in [0.29, 0.717) is 24.4 Å². The van der Waals surface area contributed by atoms with Gasteiger partial charge in [0.25, 0.3) is 0 Å². The molecule has 0 bridgehead atoms. The molecule has 0 spiro atoms. The van der Waals surface area contributed by atoms with Gasteiger partial charge in [-0.25, -0.2) is 0 Å². The lowest BCUT2D eigenvalue weighted by atomic mass is 9.84. The van der Waals surface area contributed by atoms with Crippen LogP contribution >= 0.6 is 0 Å². The van der Waals surface area contributed by atoms with Gasteiger partial charge in [-0.3, -0.25) is 0 Å². The van der Waals surface area contributed by atoms with Crippen LogP contribution in [0.15, 0.2) is 4.52 Å². The number of nitrogens with one attached hydrogen (secondary N) is 1. The minimum atomic E-state index is -0.0425. The molecule has 1 N–H and O–H groups in total. The molecule has 1 fully saturated rings. The van der Waals surface area contributed by atoms with Gasteiger partial charge in [-0.05, 0) is 33.2 Å². The number of hydrogen-bond acceptors (Lipinski definition) is 5. The van der Waals surface area contributed by atoms with Crippen molar-refractivity contribution in [3.63, 3.8) is 0 Å². The normalized spacial score (nSPS) is 25.4. The summed E-state index contributed by atoms with van der Waals surface area (Å²) >= 11 is 0. The van der Waals surface area contributed by atoms with E-state index in [1.165, 1.54) is 19.3 Å². The van der Waals surface area contributed by atoms with Crippen molar-refractivity contribution in [3.8, 4) is 0 Å². The quantitative estimate of drug-likeness (QED) is 0.858. The summed E-state index contributed by atoms with van der Waals surface area (Å²) in [7, 11) is 2.01. The third-order valence-corrected chi connectivity index (χ3v) is 3.94.